The number of hydrogen-bond acceptors (Lipinski definition) is 6. The molecule has 0 bridgehead atoms. The predicted molar refractivity (Wildman–Crippen MR) is 109 cm³/mol. The average Bonchev–Trinajstić information content (AvgIpc) is 3.03. The summed E-state index contributed by atoms with van der Waals surface area (Å²) < 4.78 is 30.6. The van der Waals surface area contributed by atoms with Gasteiger partial charge in [-0.15, -0.1) is 6.42 Å². The Morgan fingerprint density at radius 2 is 1.90 bits per heavy atom. The number of benzene rings is 2. The number of terminal acetylenes is 1. The molecule has 0 saturated heterocycles. The van der Waals surface area contributed by atoms with Crippen LogP contribution in [0.5, 0.6) is 0 Å². The standard InChI is InChI=1S/C20H16N2O5S2/c1-4-11-22-16-10-9-13(29(3,25)26)12-17(16)28-20(22)21-18(23)14-7-5-6-8-15(14)19(24)27-2/h1,5-10,12H,11H2,2-3H3. The van der Waals surface area contributed by atoms with E-state index in [1.165, 1.54) is 31.4 Å². The molecular weight excluding hydrogens is 412 g/mol. The van der Waals surface area contributed by atoms with E-state index in [9.17, 15) is 18.0 Å². The molecule has 9 heteroatoms. The first-order valence-corrected chi connectivity index (χ1v) is 11.0. The molecule has 1 amide bonds. The predicted octanol–water partition coefficient (Wildman–Crippen LogP) is 2.27. The number of hydrogen-bond donors (Lipinski definition) is 0. The van der Waals surface area contributed by atoms with Gasteiger partial charge in [-0.05, 0) is 30.3 Å². The highest BCUT2D eigenvalue weighted by Gasteiger charge is 2.18. The number of ether oxygens (including phenoxy) is 1. The maximum atomic E-state index is 12.8. The second-order valence-corrected chi connectivity index (χ2v) is 9.06. The summed E-state index contributed by atoms with van der Waals surface area (Å²) in [6, 6.07) is 10.8. The normalized spacial score (nSPS) is 12.0. The second-order valence-electron chi connectivity index (χ2n) is 6.03. The van der Waals surface area contributed by atoms with Gasteiger partial charge in [0, 0.05) is 6.26 Å². The molecule has 3 aromatic rings. The summed E-state index contributed by atoms with van der Waals surface area (Å²) in [4.78, 5) is 29.3. The zero-order valence-electron chi connectivity index (χ0n) is 15.6. The van der Waals surface area contributed by atoms with Crippen LogP contribution in [0.1, 0.15) is 20.7 Å². The number of nitrogens with zero attached hydrogens (tertiary/aromatic N) is 2. The van der Waals surface area contributed by atoms with Gasteiger partial charge in [-0.25, -0.2) is 13.2 Å². The number of thiazole rings is 1. The van der Waals surface area contributed by atoms with Crippen LogP contribution in [0.25, 0.3) is 10.2 Å². The van der Waals surface area contributed by atoms with Gasteiger partial charge >= 0.3 is 5.97 Å². The molecule has 0 aliphatic carbocycles. The first kappa shape index (κ1) is 20.5. The third-order valence-electron chi connectivity index (χ3n) is 4.09. The maximum absolute atomic E-state index is 12.8. The molecule has 148 valence electrons. The molecule has 0 radical (unpaired) electrons. The quantitative estimate of drug-likeness (QED) is 0.469. The summed E-state index contributed by atoms with van der Waals surface area (Å²) in [5.74, 6) is 1.23. The lowest BCUT2D eigenvalue weighted by Crippen LogP contribution is -2.17. The van der Waals surface area contributed by atoms with Crippen molar-refractivity contribution in [2.75, 3.05) is 13.4 Å². The van der Waals surface area contributed by atoms with E-state index in [1.807, 2.05) is 0 Å². The smallest absolute Gasteiger partial charge is 0.338 e. The summed E-state index contributed by atoms with van der Waals surface area (Å²) in [5.41, 5.74) is 0.863. The number of carbonyl (C=O) groups excluding carboxylic acids is 2. The molecule has 0 spiro atoms. The fourth-order valence-corrected chi connectivity index (χ4v) is 4.51. The number of amides is 1. The Labute approximate surface area is 171 Å². The molecule has 3 rings (SSSR count). The van der Waals surface area contributed by atoms with Gasteiger partial charge in [0.15, 0.2) is 14.6 Å². The highest BCUT2D eigenvalue weighted by atomic mass is 32.2. The van der Waals surface area contributed by atoms with E-state index >= 15 is 0 Å². The van der Waals surface area contributed by atoms with E-state index in [4.69, 9.17) is 11.2 Å². The molecule has 0 N–H and O–H groups in total. The first-order valence-electron chi connectivity index (χ1n) is 8.29. The largest absolute Gasteiger partial charge is 0.465 e. The number of esters is 1. The van der Waals surface area contributed by atoms with E-state index in [-0.39, 0.29) is 22.6 Å². The van der Waals surface area contributed by atoms with E-state index in [1.54, 1.807) is 22.8 Å². The van der Waals surface area contributed by atoms with E-state index in [0.29, 0.717) is 15.0 Å². The number of methoxy groups -OCH3 is 1. The molecule has 1 heterocycles. The highest BCUT2D eigenvalue weighted by Crippen LogP contribution is 2.22. The van der Waals surface area contributed by atoms with Crippen LogP contribution >= 0.6 is 11.3 Å². The van der Waals surface area contributed by atoms with Crippen molar-refractivity contribution in [2.24, 2.45) is 4.99 Å². The molecule has 0 saturated carbocycles. The molecule has 1 aromatic heterocycles. The molecule has 0 fully saturated rings. The highest BCUT2D eigenvalue weighted by molar-refractivity contribution is 7.90. The van der Waals surface area contributed by atoms with Crippen LogP contribution < -0.4 is 4.80 Å². The van der Waals surface area contributed by atoms with E-state index in [0.717, 1.165) is 17.6 Å². The van der Waals surface area contributed by atoms with E-state index < -0.39 is 21.7 Å². The lowest BCUT2D eigenvalue weighted by molar-refractivity contribution is 0.0597. The van der Waals surface area contributed by atoms with Crippen LogP contribution in [0.2, 0.25) is 0 Å². The number of sulfone groups is 1. The van der Waals surface area contributed by atoms with Gasteiger partial charge in [0.05, 0.1) is 39.9 Å². The minimum atomic E-state index is -3.39. The van der Waals surface area contributed by atoms with Crippen LogP contribution in [0.3, 0.4) is 0 Å². The topological polar surface area (TPSA) is 94.8 Å². The third kappa shape index (κ3) is 4.13. The van der Waals surface area contributed by atoms with Crippen molar-refractivity contribution in [3.05, 3.63) is 58.4 Å². The van der Waals surface area contributed by atoms with Gasteiger partial charge in [0.2, 0.25) is 0 Å². The molecule has 0 unspecified atom stereocenters. The molecule has 2 aromatic carbocycles. The van der Waals surface area contributed by atoms with Crippen LogP contribution in [-0.4, -0.2) is 38.2 Å². The monoisotopic (exact) mass is 428 g/mol. The molecule has 0 aliphatic heterocycles. The Balaban J connectivity index is 2.20. The van der Waals surface area contributed by atoms with Crippen LogP contribution in [0.4, 0.5) is 0 Å². The van der Waals surface area contributed by atoms with Crippen molar-refractivity contribution < 1.29 is 22.7 Å². The molecule has 7 nitrogen and oxygen atoms in total. The lowest BCUT2D eigenvalue weighted by Gasteiger charge is -2.04. The minimum absolute atomic E-state index is 0.0980. The zero-order valence-corrected chi connectivity index (χ0v) is 17.2. The Morgan fingerprint density at radius 1 is 1.21 bits per heavy atom. The average molecular weight is 428 g/mol. The second kappa shape index (κ2) is 8.03. The van der Waals surface area contributed by atoms with Gasteiger partial charge in [-0.3, -0.25) is 4.79 Å². The van der Waals surface area contributed by atoms with Crippen molar-refractivity contribution >= 4 is 43.3 Å². The minimum Gasteiger partial charge on any atom is -0.465 e. The zero-order chi connectivity index (χ0) is 21.2. The van der Waals surface area contributed by atoms with Gasteiger partial charge < -0.3 is 9.30 Å². The van der Waals surface area contributed by atoms with Crippen molar-refractivity contribution in [3.8, 4) is 12.3 Å². The Kier molecular flexibility index (Phi) is 5.68. The Bertz CT molecular complexity index is 1340. The first-order chi connectivity index (χ1) is 13.8. The summed E-state index contributed by atoms with van der Waals surface area (Å²) >= 11 is 1.14. The van der Waals surface area contributed by atoms with E-state index in [2.05, 4.69) is 10.9 Å². The lowest BCUT2D eigenvalue weighted by atomic mass is 10.1. The number of carbonyl (C=O) groups is 2. The summed E-state index contributed by atoms with van der Waals surface area (Å²) in [6.07, 6.45) is 6.57. The molecule has 0 aliphatic rings. The van der Waals surface area contributed by atoms with Crippen molar-refractivity contribution in [2.45, 2.75) is 11.4 Å². The SMILES string of the molecule is C#CCn1c(=NC(=O)c2ccccc2C(=O)OC)sc2cc(S(C)(=O)=O)ccc21. The van der Waals surface area contributed by atoms with Crippen LogP contribution in [0.15, 0.2) is 52.4 Å². The third-order valence-corrected chi connectivity index (χ3v) is 6.24. The Morgan fingerprint density at radius 3 is 2.52 bits per heavy atom. The molecule has 0 atom stereocenters. The summed E-state index contributed by atoms with van der Waals surface area (Å²) in [5, 5.41) is 0. The van der Waals surface area contributed by atoms with Gasteiger partial charge in [-0.1, -0.05) is 29.4 Å². The van der Waals surface area contributed by atoms with Crippen molar-refractivity contribution in [3.63, 3.8) is 0 Å². The van der Waals surface area contributed by atoms with Crippen LogP contribution in [-0.2, 0) is 21.1 Å². The number of fused-ring (bicyclic) bond motifs is 1. The van der Waals surface area contributed by atoms with Gasteiger partial charge in [0.25, 0.3) is 5.91 Å². The fourth-order valence-electron chi connectivity index (χ4n) is 2.72. The maximum Gasteiger partial charge on any atom is 0.338 e. The van der Waals surface area contributed by atoms with Crippen LogP contribution in [0, 0.1) is 12.3 Å². The fraction of sp³-hybridized carbons (Fsp3) is 0.150. The molecular formula is C20H16N2O5S2. The summed E-state index contributed by atoms with van der Waals surface area (Å²) in [7, 11) is -2.16. The van der Waals surface area contributed by atoms with Crippen molar-refractivity contribution in [1.29, 1.82) is 0 Å². The van der Waals surface area contributed by atoms with Gasteiger partial charge in [0.1, 0.15) is 0 Å². The van der Waals surface area contributed by atoms with Gasteiger partial charge in [-0.2, -0.15) is 4.99 Å². The Hall–Kier alpha value is -3.22. The molecule has 29 heavy (non-hydrogen) atoms. The number of rotatable bonds is 4. The number of aromatic nitrogens is 1. The van der Waals surface area contributed by atoms with Crippen molar-refractivity contribution in [1.82, 2.24) is 4.57 Å². The summed E-state index contributed by atoms with van der Waals surface area (Å²) in [6.45, 7) is 0.142.